The SMILES string of the molecule is O=C(O)c1ccc(COO)cn1. The Balaban J connectivity index is 2.78. The number of aromatic carboxylic acids is 1. The Morgan fingerprint density at radius 3 is 2.75 bits per heavy atom. The van der Waals surface area contributed by atoms with Gasteiger partial charge >= 0.3 is 5.97 Å². The van der Waals surface area contributed by atoms with E-state index >= 15 is 0 Å². The molecule has 1 aromatic rings. The summed E-state index contributed by atoms with van der Waals surface area (Å²) >= 11 is 0. The molecule has 0 bridgehead atoms. The molecule has 0 aliphatic heterocycles. The number of carbonyl (C=O) groups is 1. The summed E-state index contributed by atoms with van der Waals surface area (Å²) in [7, 11) is 0. The maximum absolute atomic E-state index is 10.3. The summed E-state index contributed by atoms with van der Waals surface area (Å²) in [6.45, 7) is 0.00684. The fourth-order valence-electron chi connectivity index (χ4n) is 0.711. The van der Waals surface area contributed by atoms with Gasteiger partial charge in [-0.05, 0) is 11.6 Å². The minimum atomic E-state index is -1.08. The van der Waals surface area contributed by atoms with Crippen molar-refractivity contribution in [1.82, 2.24) is 4.98 Å². The molecule has 5 nitrogen and oxygen atoms in total. The zero-order valence-corrected chi connectivity index (χ0v) is 6.10. The molecule has 64 valence electrons. The van der Waals surface area contributed by atoms with Gasteiger partial charge < -0.3 is 5.11 Å². The van der Waals surface area contributed by atoms with Gasteiger partial charge in [0.25, 0.3) is 0 Å². The van der Waals surface area contributed by atoms with Crippen LogP contribution in [0.15, 0.2) is 18.3 Å². The van der Waals surface area contributed by atoms with Gasteiger partial charge in [-0.25, -0.2) is 14.7 Å². The molecule has 0 amide bonds. The lowest BCUT2D eigenvalue weighted by Gasteiger charge is -1.96. The standard InChI is InChI=1S/C7H7NO4/c9-7(10)6-2-1-5(3-8-6)4-12-11/h1-3,11H,4H2,(H,9,10). The zero-order chi connectivity index (χ0) is 8.97. The predicted molar refractivity (Wildman–Crippen MR) is 38.6 cm³/mol. The third kappa shape index (κ3) is 2.01. The van der Waals surface area contributed by atoms with Crippen LogP contribution in [-0.4, -0.2) is 21.3 Å². The van der Waals surface area contributed by atoms with Crippen molar-refractivity contribution in [3.05, 3.63) is 29.6 Å². The molecule has 0 aliphatic rings. The number of nitrogens with zero attached hydrogens (tertiary/aromatic N) is 1. The van der Waals surface area contributed by atoms with E-state index in [1.807, 2.05) is 0 Å². The van der Waals surface area contributed by atoms with Crippen molar-refractivity contribution in [3.8, 4) is 0 Å². The molecular formula is C7H7NO4. The Morgan fingerprint density at radius 1 is 1.58 bits per heavy atom. The predicted octanol–water partition coefficient (Wildman–Crippen LogP) is 0.769. The molecule has 0 aromatic carbocycles. The van der Waals surface area contributed by atoms with Crippen molar-refractivity contribution < 1.29 is 20.0 Å². The molecule has 1 aromatic heterocycles. The largest absolute Gasteiger partial charge is 0.477 e. The van der Waals surface area contributed by atoms with Crippen LogP contribution in [0.5, 0.6) is 0 Å². The van der Waals surface area contributed by atoms with Gasteiger partial charge in [-0.2, -0.15) is 0 Å². The average Bonchev–Trinajstić information content (AvgIpc) is 2.06. The molecule has 0 spiro atoms. The molecule has 1 rings (SSSR count). The Hall–Kier alpha value is -1.46. The van der Waals surface area contributed by atoms with Gasteiger partial charge in [0.1, 0.15) is 12.3 Å². The normalized spacial score (nSPS) is 9.75. The van der Waals surface area contributed by atoms with E-state index < -0.39 is 5.97 Å². The van der Waals surface area contributed by atoms with E-state index in [0.717, 1.165) is 0 Å². The number of pyridine rings is 1. The van der Waals surface area contributed by atoms with Gasteiger partial charge in [0.2, 0.25) is 0 Å². The Morgan fingerprint density at radius 2 is 2.33 bits per heavy atom. The lowest BCUT2D eigenvalue weighted by molar-refractivity contribution is -0.253. The second-order valence-corrected chi connectivity index (χ2v) is 2.13. The number of hydrogen-bond acceptors (Lipinski definition) is 4. The Kier molecular flexibility index (Phi) is 2.73. The van der Waals surface area contributed by atoms with E-state index in [1.165, 1.54) is 18.3 Å². The Bertz CT molecular complexity index is 269. The van der Waals surface area contributed by atoms with E-state index in [4.69, 9.17) is 10.4 Å². The van der Waals surface area contributed by atoms with Crippen LogP contribution in [0.25, 0.3) is 0 Å². The maximum Gasteiger partial charge on any atom is 0.354 e. The highest BCUT2D eigenvalue weighted by atomic mass is 17.1. The highest BCUT2D eigenvalue weighted by molar-refractivity contribution is 5.85. The van der Waals surface area contributed by atoms with Gasteiger partial charge in [-0.3, -0.25) is 5.26 Å². The first-order valence-electron chi connectivity index (χ1n) is 3.18. The lowest BCUT2D eigenvalue weighted by atomic mass is 10.2. The quantitative estimate of drug-likeness (QED) is 0.516. The van der Waals surface area contributed by atoms with Crippen LogP contribution < -0.4 is 0 Å². The third-order valence-corrected chi connectivity index (χ3v) is 1.28. The molecule has 0 aliphatic carbocycles. The van der Waals surface area contributed by atoms with E-state index in [9.17, 15) is 4.79 Å². The molecule has 0 unspecified atom stereocenters. The highest BCUT2D eigenvalue weighted by Gasteiger charge is 2.02. The summed E-state index contributed by atoms with van der Waals surface area (Å²) in [5, 5.41) is 16.5. The van der Waals surface area contributed by atoms with Crippen LogP contribution >= 0.6 is 0 Å². The molecule has 2 N–H and O–H groups in total. The van der Waals surface area contributed by atoms with E-state index in [2.05, 4.69) is 9.87 Å². The smallest absolute Gasteiger partial charge is 0.354 e. The second-order valence-electron chi connectivity index (χ2n) is 2.13. The zero-order valence-electron chi connectivity index (χ0n) is 6.10. The summed E-state index contributed by atoms with van der Waals surface area (Å²) in [6.07, 6.45) is 1.33. The van der Waals surface area contributed by atoms with Crippen molar-refractivity contribution >= 4 is 5.97 Å². The summed E-state index contributed by atoms with van der Waals surface area (Å²) in [6, 6.07) is 2.86. The second kappa shape index (κ2) is 3.80. The minimum Gasteiger partial charge on any atom is -0.477 e. The number of hydrogen-bond donors (Lipinski definition) is 2. The van der Waals surface area contributed by atoms with Crippen LogP contribution in [0, 0.1) is 0 Å². The van der Waals surface area contributed by atoms with Crippen molar-refractivity contribution in [2.45, 2.75) is 6.61 Å². The molecule has 12 heavy (non-hydrogen) atoms. The first kappa shape index (κ1) is 8.63. The summed E-state index contributed by atoms with van der Waals surface area (Å²) in [4.78, 5) is 17.8. The molecule has 0 fully saturated rings. The molecule has 5 heteroatoms. The minimum absolute atomic E-state index is 0.00684. The monoisotopic (exact) mass is 169 g/mol. The van der Waals surface area contributed by atoms with E-state index in [1.54, 1.807) is 0 Å². The topological polar surface area (TPSA) is 79.7 Å². The summed E-state index contributed by atoms with van der Waals surface area (Å²) < 4.78 is 0. The average molecular weight is 169 g/mol. The van der Waals surface area contributed by atoms with Gasteiger partial charge in [-0.15, -0.1) is 0 Å². The van der Waals surface area contributed by atoms with Gasteiger partial charge in [-0.1, -0.05) is 6.07 Å². The first-order chi connectivity index (χ1) is 5.74. The number of carboxylic acid groups (broad SMARTS) is 1. The van der Waals surface area contributed by atoms with Gasteiger partial charge in [0.15, 0.2) is 0 Å². The number of aromatic nitrogens is 1. The number of carboxylic acids is 1. The van der Waals surface area contributed by atoms with Crippen molar-refractivity contribution in [3.63, 3.8) is 0 Å². The lowest BCUT2D eigenvalue weighted by Crippen LogP contribution is -2.00. The van der Waals surface area contributed by atoms with Crippen LogP contribution in [-0.2, 0) is 11.5 Å². The van der Waals surface area contributed by atoms with Crippen molar-refractivity contribution in [1.29, 1.82) is 0 Å². The fraction of sp³-hybridized carbons (Fsp3) is 0.143. The molecule has 0 saturated heterocycles. The number of rotatable bonds is 3. The molecule has 0 atom stereocenters. The van der Waals surface area contributed by atoms with Crippen molar-refractivity contribution in [2.75, 3.05) is 0 Å². The maximum atomic E-state index is 10.3. The summed E-state index contributed by atoms with van der Waals surface area (Å²) in [5.74, 6) is -1.08. The van der Waals surface area contributed by atoms with E-state index in [0.29, 0.717) is 5.56 Å². The highest BCUT2D eigenvalue weighted by Crippen LogP contribution is 2.00. The summed E-state index contributed by atoms with van der Waals surface area (Å²) in [5.41, 5.74) is 0.583. The molecule has 0 saturated carbocycles. The first-order valence-corrected chi connectivity index (χ1v) is 3.18. The Labute approximate surface area is 68.2 Å². The van der Waals surface area contributed by atoms with Gasteiger partial charge in [0, 0.05) is 6.20 Å². The van der Waals surface area contributed by atoms with E-state index in [-0.39, 0.29) is 12.3 Å². The molecule has 0 radical (unpaired) electrons. The fourth-order valence-corrected chi connectivity index (χ4v) is 0.711. The third-order valence-electron chi connectivity index (χ3n) is 1.28. The molecular weight excluding hydrogens is 162 g/mol. The van der Waals surface area contributed by atoms with Crippen LogP contribution in [0.1, 0.15) is 16.1 Å². The van der Waals surface area contributed by atoms with Gasteiger partial charge in [0.05, 0.1) is 0 Å². The van der Waals surface area contributed by atoms with Crippen LogP contribution in [0.3, 0.4) is 0 Å². The molecule has 1 heterocycles. The van der Waals surface area contributed by atoms with Crippen LogP contribution in [0.4, 0.5) is 0 Å². The van der Waals surface area contributed by atoms with Crippen LogP contribution in [0.2, 0.25) is 0 Å². The van der Waals surface area contributed by atoms with Crippen molar-refractivity contribution in [2.24, 2.45) is 0 Å².